The molecule has 0 amide bonds. The van der Waals surface area contributed by atoms with Gasteiger partial charge in [0.2, 0.25) is 0 Å². The average molecular weight is 203 g/mol. The monoisotopic (exact) mass is 203 g/mol. The van der Waals surface area contributed by atoms with Crippen molar-refractivity contribution in [3.05, 3.63) is 12.2 Å². The van der Waals surface area contributed by atoms with Crippen LogP contribution in [0.2, 0.25) is 0 Å². The van der Waals surface area contributed by atoms with Gasteiger partial charge in [-0.1, -0.05) is 38.7 Å². The number of hydrogen-bond acceptors (Lipinski definition) is 1. The van der Waals surface area contributed by atoms with Gasteiger partial charge >= 0.3 is 0 Å². The lowest BCUT2D eigenvalue weighted by molar-refractivity contribution is 0.472. The molecular formula is C14H21N. The van der Waals surface area contributed by atoms with Gasteiger partial charge in [0.05, 0.1) is 5.54 Å². The highest BCUT2D eigenvalue weighted by Crippen LogP contribution is 2.27. The standard InChI is InChI=1S/C14H21N/c1-3-5-7-8-11-14(10-6-4-2)12-9-13-15-14/h9,12-13H,3,5,7-8,10-11H2,1-2H3. The Morgan fingerprint density at radius 3 is 2.73 bits per heavy atom. The van der Waals surface area contributed by atoms with Crippen molar-refractivity contribution in [3.63, 3.8) is 0 Å². The third-order valence-electron chi connectivity index (χ3n) is 2.86. The fraction of sp³-hybridized carbons (Fsp3) is 0.643. The molecule has 1 aliphatic heterocycles. The first-order valence-corrected chi connectivity index (χ1v) is 5.95. The lowest BCUT2D eigenvalue weighted by Gasteiger charge is -2.21. The molecule has 0 radical (unpaired) electrons. The van der Waals surface area contributed by atoms with Gasteiger partial charge in [-0.15, -0.1) is 11.8 Å². The smallest absolute Gasteiger partial charge is 0.0899 e. The predicted molar refractivity (Wildman–Crippen MR) is 67.2 cm³/mol. The summed E-state index contributed by atoms with van der Waals surface area (Å²) in [6, 6.07) is 0. The van der Waals surface area contributed by atoms with Gasteiger partial charge in [0, 0.05) is 12.6 Å². The summed E-state index contributed by atoms with van der Waals surface area (Å²) >= 11 is 0. The van der Waals surface area contributed by atoms with Gasteiger partial charge in [-0.2, -0.15) is 0 Å². The molecule has 1 atom stereocenters. The Kier molecular flexibility index (Phi) is 5.18. The van der Waals surface area contributed by atoms with E-state index in [1.54, 1.807) is 0 Å². The SMILES string of the molecule is CC#CCC1(CCCCCC)C=CC=N1. The van der Waals surface area contributed by atoms with Crippen LogP contribution in [-0.4, -0.2) is 11.8 Å². The van der Waals surface area contributed by atoms with E-state index in [4.69, 9.17) is 0 Å². The Balaban J connectivity index is 2.39. The maximum absolute atomic E-state index is 4.56. The van der Waals surface area contributed by atoms with Crippen LogP contribution >= 0.6 is 0 Å². The normalized spacial score (nSPS) is 22.8. The number of rotatable bonds is 6. The van der Waals surface area contributed by atoms with Crippen molar-refractivity contribution in [2.45, 2.75) is 57.9 Å². The van der Waals surface area contributed by atoms with Crippen LogP contribution in [0.1, 0.15) is 52.4 Å². The molecule has 82 valence electrons. The van der Waals surface area contributed by atoms with Gasteiger partial charge in [-0.05, 0) is 19.4 Å². The minimum Gasteiger partial charge on any atom is -0.281 e. The van der Waals surface area contributed by atoms with Crippen LogP contribution in [-0.2, 0) is 0 Å². The van der Waals surface area contributed by atoms with E-state index in [1.165, 1.54) is 25.7 Å². The second-order valence-electron chi connectivity index (χ2n) is 4.16. The van der Waals surface area contributed by atoms with E-state index in [2.05, 4.69) is 35.9 Å². The minimum absolute atomic E-state index is 0.0107. The maximum atomic E-state index is 4.56. The van der Waals surface area contributed by atoms with Crippen LogP contribution in [0, 0.1) is 11.8 Å². The maximum Gasteiger partial charge on any atom is 0.0899 e. The van der Waals surface area contributed by atoms with Gasteiger partial charge < -0.3 is 0 Å². The van der Waals surface area contributed by atoms with E-state index >= 15 is 0 Å². The van der Waals surface area contributed by atoms with E-state index in [9.17, 15) is 0 Å². The first kappa shape index (κ1) is 12.0. The molecule has 0 aliphatic carbocycles. The van der Waals surface area contributed by atoms with Crippen molar-refractivity contribution in [1.82, 2.24) is 0 Å². The van der Waals surface area contributed by atoms with E-state index in [-0.39, 0.29) is 5.54 Å². The molecule has 0 N–H and O–H groups in total. The van der Waals surface area contributed by atoms with Crippen molar-refractivity contribution < 1.29 is 0 Å². The van der Waals surface area contributed by atoms with E-state index in [0.29, 0.717) is 0 Å². The quantitative estimate of drug-likeness (QED) is 0.460. The summed E-state index contributed by atoms with van der Waals surface area (Å²) in [5.41, 5.74) is 0.0107. The van der Waals surface area contributed by atoms with Gasteiger partial charge in [0.1, 0.15) is 0 Å². The zero-order chi connectivity index (χ0) is 11.0. The molecule has 0 saturated heterocycles. The van der Waals surface area contributed by atoms with Gasteiger partial charge in [0.25, 0.3) is 0 Å². The third kappa shape index (κ3) is 3.91. The minimum atomic E-state index is 0.0107. The summed E-state index contributed by atoms with van der Waals surface area (Å²) < 4.78 is 0. The summed E-state index contributed by atoms with van der Waals surface area (Å²) in [7, 11) is 0. The topological polar surface area (TPSA) is 12.4 Å². The molecule has 1 heterocycles. The Hall–Kier alpha value is -1.03. The fourth-order valence-electron chi connectivity index (χ4n) is 1.90. The predicted octanol–water partition coefficient (Wildman–Crippen LogP) is 3.75. The summed E-state index contributed by atoms with van der Waals surface area (Å²) in [4.78, 5) is 4.56. The molecule has 0 fully saturated rings. The summed E-state index contributed by atoms with van der Waals surface area (Å²) in [6.07, 6.45) is 13.4. The molecule has 1 unspecified atom stereocenters. The van der Waals surface area contributed by atoms with Crippen LogP contribution in [0.25, 0.3) is 0 Å². The Morgan fingerprint density at radius 1 is 1.27 bits per heavy atom. The lowest BCUT2D eigenvalue weighted by atomic mass is 9.90. The van der Waals surface area contributed by atoms with E-state index in [0.717, 1.165) is 12.8 Å². The molecule has 1 nitrogen and oxygen atoms in total. The van der Waals surface area contributed by atoms with Crippen molar-refractivity contribution in [3.8, 4) is 11.8 Å². The number of nitrogens with zero attached hydrogens (tertiary/aromatic N) is 1. The van der Waals surface area contributed by atoms with Crippen LogP contribution < -0.4 is 0 Å². The van der Waals surface area contributed by atoms with E-state index < -0.39 is 0 Å². The van der Waals surface area contributed by atoms with Crippen molar-refractivity contribution >= 4 is 6.21 Å². The van der Waals surface area contributed by atoms with Crippen molar-refractivity contribution in [2.75, 3.05) is 0 Å². The van der Waals surface area contributed by atoms with Crippen LogP contribution in [0.4, 0.5) is 0 Å². The van der Waals surface area contributed by atoms with Crippen LogP contribution in [0.3, 0.4) is 0 Å². The molecule has 1 aliphatic rings. The van der Waals surface area contributed by atoms with Gasteiger partial charge in [-0.3, -0.25) is 4.99 Å². The highest BCUT2D eigenvalue weighted by molar-refractivity contribution is 5.75. The highest BCUT2D eigenvalue weighted by atomic mass is 14.9. The number of hydrogen-bond donors (Lipinski definition) is 0. The second-order valence-corrected chi connectivity index (χ2v) is 4.16. The van der Waals surface area contributed by atoms with Crippen molar-refractivity contribution in [2.24, 2.45) is 4.99 Å². The number of aliphatic imine (C=N–C) groups is 1. The van der Waals surface area contributed by atoms with Gasteiger partial charge in [-0.25, -0.2) is 0 Å². The molecule has 15 heavy (non-hydrogen) atoms. The molecular weight excluding hydrogens is 182 g/mol. The number of allylic oxidation sites excluding steroid dienone is 1. The molecule has 0 saturated carbocycles. The van der Waals surface area contributed by atoms with Crippen LogP contribution in [0.15, 0.2) is 17.1 Å². The molecule has 0 spiro atoms. The first-order chi connectivity index (χ1) is 7.33. The third-order valence-corrected chi connectivity index (χ3v) is 2.86. The highest BCUT2D eigenvalue weighted by Gasteiger charge is 2.25. The number of unbranched alkanes of at least 4 members (excludes halogenated alkanes) is 3. The zero-order valence-electron chi connectivity index (χ0n) is 9.92. The van der Waals surface area contributed by atoms with E-state index in [1.807, 2.05) is 13.1 Å². The summed E-state index contributed by atoms with van der Waals surface area (Å²) in [5, 5.41) is 0. The molecule has 1 rings (SSSR count). The molecule has 1 heteroatoms. The Morgan fingerprint density at radius 2 is 2.13 bits per heavy atom. The molecule has 0 aromatic rings. The zero-order valence-corrected chi connectivity index (χ0v) is 9.92. The largest absolute Gasteiger partial charge is 0.281 e. The summed E-state index contributed by atoms with van der Waals surface area (Å²) in [5.74, 6) is 6.12. The van der Waals surface area contributed by atoms with Crippen LogP contribution in [0.5, 0.6) is 0 Å². The second kappa shape index (κ2) is 6.45. The fourth-order valence-corrected chi connectivity index (χ4v) is 1.90. The molecule has 0 aromatic heterocycles. The average Bonchev–Trinajstić information content (AvgIpc) is 2.71. The first-order valence-electron chi connectivity index (χ1n) is 5.95. The molecule has 0 aromatic carbocycles. The lowest BCUT2D eigenvalue weighted by Crippen LogP contribution is -2.20. The Bertz CT molecular complexity index is 276. The van der Waals surface area contributed by atoms with Crippen molar-refractivity contribution in [1.29, 1.82) is 0 Å². The summed E-state index contributed by atoms with van der Waals surface area (Å²) in [6.45, 7) is 4.14. The van der Waals surface area contributed by atoms with Gasteiger partial charge in [0.15, 0.2) is 0 Å². The molecule has 0 bridgehead atoms. The Labute approximate surface area is 93.7 Å².